The molecule has 0 bridgehead atoms. The predicted molar refractivity (Wildman–Crippen MR) is 71.7 cm³/mol. The van der Waals surface area contributed by atoms with Crippen LogP contribution in [0.2, 0.25) is 0 Å². The third-order valence-corrected chi connectivity index (χ3v) is 3.83. The fraction of sp³-hybridized carbons (Fsp3) is 0.600. The predicted octanol–water partition coefficient (Wildman–Crippen LogP) is 1.77. The highest BCUT2D eigenvalue weighted by Crippen LogP contribution is 2.40. The van der Waals surface area contributed by atoms with Crippen LogP contribution in [0.3, 0.4) is 0 Å². The van der Waals surface area contributed by atoms with Gasteiger partial charge < -0.3 is 19.9 Å². The van der Waals surface area contributed by atoms with Crippen molar-refractivity contribution in [2.75, 3.05) is 0 Å². The van der Waals surface area contributed by atoms with Crippen LogP contribution in [0.25, 0.3) is 0 Å². The van der Waals surface area contributed by atoms with Gasteiger partial charge in [-0.15, -0.1) is 0 Å². The third-order valence-electron chi connectivity index (χ3n) is 3.83. The minimum Gasteiger partial charge on any atom is -0.368 e. The quantitative estimate of drug-likeness (QED) is 0.917. The monoisotopic (exact) mass is 281 g/mol. The summed E-state index contributed by atoms with van der Waals surface area (Å²) in [5.74, 6) is -0.735. The van der Waals surface area contributed by atoms with Crippen molar-refractivity contribution >= 4 is 0 Å². The van der Waals surface area contributed by atoms with Gasteiger partial charge in [-0.1, -0.05) is 30.3 Å². The molecule has 0 amide bonds. The lowest BCUT2D eigenvalue weighted by molar-refractivity contribution is -0.177. The molecule has 1 aromatic rings. The minimum absolute atomic E-state index is 0.339. The van der Waals surface area contributed by atoms with Crippen molar-refractivity contribution in [3.05, 3.63) is 35.9 Å². The fourth-order valence-electron chi connectivity index (χ4n) is 2.90. The number of rotatable bonds is 3. The Labute approximate surface area is 118 Å². The largest absolute Gasteiger partial charge is 0.368 e. The number of fused-ring (bicyclic) bond motifs is 1. The molecule has 1 heterocycles. The average Bonchev–Trinajstić information content (AvgIpc) is 2.84. The van der Waals surface area contributed by atoms with Crippen LogP contribution >= 0.6 is 0 Å². The molecule has 110 valence electrons. The van der Waals surface area contributed by atoms with Crippen molar-refractivity contribution in [1.82, 2.24) is 0 Å². The number of alkyl halides is 1. The number of benzene rings is 1. The smallest absolute Gasteiger partial charge is 0.163 e. The van der Waals surface area contributed by atoms with Gasteiger partial charge in [0.2, 0.25) is 0 Å². The van der Waals surface area contributed by atoms with Crippen molar-refractivity contribution in [3.63, 3.8) is 0 Å². The Morgan fingerprint density at radius 3 is 2.55 bits per heavy atom. The van der Waals surface area contributed by atoms with Crippen LogP contribution in [0.15, 0.2) is 30.3 Å². The van der Waals surface area contributed by atoms with E-state index in [1.54, 1.807) is 13.8 Å². The van der Waals surface area contributed by atoms with Gasteiger partial charge in [0.05, 0.1) is 12.6 Å². The zero-order chi connectivity index (χ0) is 14.3. The molecule has 5 unspecified atom stereocenters. The molecule has 1 aromatic carbocycles. The molecular weight excluding hydrogens is 261 g/mol. The first-order valence-corrected chi connectivity index (χ1v) is 6.89. The van der Waals surface area contributed by atoms with E-state index in [1.165, 1.54) is 0 Å². The molecule has 2 fully saturated rings. The zero-order valence-corrected chi connectivity index (χ0v) is 11.7. The Kier molecular flexibility index (Phi) is 3.54. The van der Waals surface area contributed by atoms with E-state index in [-0.39, 0.29) is 0 Å². The van der Waals surface area contributed by atoms with Crippen molar-refractivity contribution < 1.29 is 18.6 Å². The maximum absolute atomic E-state index is 14.2. The SMILES string of the molecule is CC1(C)OC2C(N)C(F)C(OCc3ccccc3)C2O1. The maximum Gasteiger partial charge on any atom is 0.163 e. The molecule has 3 rings (SSSR count). The van der Waals surface area contributed by atoms with E-state index in [4.69, 9.17) is 19.9 Å². The average molecular weight is 281 g/mol. The van der Waals surface area contributed by atoms with Crippen LogP contribution < -0.4 is 5.73 Å². The van der Waals surface area contributed by atoms with E-state index in [0.29, 0.717) is 6.61 Å². The summed E-state index contributed by atoms with van der Waals surface area (Å²) in [5.41, 5.74) is 6.88. The lowest BCUT2D eigenvalue weighted by atomic mass is 10.2. The first kappa shape index (κ1) is 13.9. The third kappa shape index (κ3) is 2.46. The maximum atomic E-state index is 14.2. The van der Waals surface area contributed by atoms with Gasteiger partial charge in [0.1, 0.15) is 24.5 Å². The molecule has 0 spiro atoms. The molecule has 0 aromatic heterocycles. The van der Waals surface area contributed by atoms with E-state index in [0.717, 1.165) is 5.56 Å². The lowest BCUT2D eigenvalue weighted by Gasteiger charge is -2.24. The van der Waals surface area contributed by atoms with Crippen LogP contribution in [0.5, 0.6) is 0 Å². The van der Waals surface area contributed by atoms with Gasteiger partial charge in [-0.2, -0.15) is 0 Å². The van der Waals surface area contributed by atoms with Gasteiger partial charge in [0.25, 0.3) is 0 Å². The van der Waals surface area contributed by atoms with Crippen LogP contribution in [-0.2, 0) is 20.8 Å². The molecule has 2 aliphatic rings. The molecule has 20 heavy (non-hydrogen) atoms. The molecule has 5 atom stereocenters. The van der Waals surface area contributed by atoms with Crippen molar-refractivity contribution in [3.8, 4) is 0 Å². The summed E-state index contributed by atoms with van der Waals surface area (Å²) in [6, 6.07) is 8.95. The Morgan fingerprint density at radius 1 is 1.20 bits per heavy atom. The Balaban J connectivity index is 1.69. The van der Waals surface area contributed by atoms with Crippen LogP contribution in [0, 0.1) is 0 Å². The molecule has 1 saturated heterocycles. The normalized spacial score (nSPS) is 38.9. The van der Waals surface area contributed by atoms with E-state index >= 15 is 0 Å². The summed E-state index contributed by atoms with van der Waals surface area (Å²) < 4.78 is 31.4. The van der Waals surface area contributed by atoms with Gasteiger partial charge in [-0.25, -0.2) is 4.39 Å². The molecule has 4 nitrogen and oxygen atoms in total. The molecule has 1 aliphatic carbocycles. The number of nitrogens with two attached hydrogens (primary N) is 1. The molecular formula is C15H20FNO3. The van der Waals surface area contributed by atoms with E-state index < -0.39 is 36.3 Å². The molecule has 1 saturated carbocycles. The standard InChI is InChI=1S/C15H20FNO3/c1-15(2)19-13-11(17)10(16)12(14(13)20-15)18-8-9-6-4-3-5-7-9/h3-7,10-14H,8,17H2,1-2H3. The Bertz CT molecular complexity index is 467. The lowest BCUT2D eigenvalue weighted by Crippen LogP contribution is -2.41. The van der Waals surface area contributed by atoms with Gasteiger partial charge in [-0.05, 0) is 19.4 Å². The van der Waals surface area contributed by atoms with E-state index in [2.05, 4.69) is 0 Å². The van der Waals surface area contributed by atoms with Crippen molar-refractivity contribution in [2.24, 2.45) is 5.73 Å². The number of hydrogen-bond donors (Lipinski definition) is 1. The highest BCUT2D eigenvalue weighted by Gasteiger charge is 2.59. The van der Waals surface area contributed by atoms with E-state index in [9.17, 15) is 4.39 Å². The second kappa shape index (κ2) is 5.07. The first-order valence-electron chi connectivity index (χ1n) is 6.89. The number of halogens is 1. The summed E-state index contributed by atoms with van der Waals surface area (Å²) in [7, 11) is 0. The molecule has 2 N–H and O–H groups in total. The summed E-state index contributed by atoms with van der Waals surface area (Å²) in [6.45, 7) is 3.95. The molecule has 0 radical (unpaired) electrons. The van der Waals surface area contributed by atoms with Gasteiger partial charge in [-0.3, -0.25) is 0 Å². The minimum atomic E-state index is -1.27. The van der Waals surface area contributed by atoms with E-state index in [1.807, 2.05) is 30.3 Å². The van der Waals surface area contributed by atoms with Gasteiger partial charge in [0, 0.05) is 0 Å². The zero-order valence-electron chi connectivity index (χ0n) is 11.7. The summed E-state index contributed by atoms with van der Waals surface area (Å²) >= 11 is 0. The fourth-order valence-corrected chi connectivity index (χ4v) is 2.90. The number of ether oxygens (including phenoxy) is 3. The highest BCUT2D eigenvalue weighted by atomic mass is 19.1. The first-order chi connectivity index (χ1) is 9.48. The topological polar surface area (TPSA) is 53.7 Å². The summed E-state index contributed by atoms with van der Waals surface area (Å²) in [6.07, 6.45) is -2.85. The van der Waals surface area contributed by atoms with Crippen LogP contribution in [0.1, 0.15) is 19.4 Å². The van der Waals surface area contributed by atoms with Crippen molar-refractivity contribution in [2.45, 2.75) is 56.8 Å². The molecule has 1 aliphatic heterocycles. The van der Waals surface area contributed by atoms with Crippen molar-refractivity contribution in [1.29, 1.82) is 0 Å². The summed E-state index contributed by atoms with van der Waals surface area (Å²) in [5, 5.41) is 0. The Hall–Kier alpha value is -1.01. The van der Waals surface area contributed by atoms with Crippen LogP contribution in [0.4, 0.5) is 4.39 Å². The van der Waals surface area contributed by atoms with Gasteiger partial charge >= 0.3 is 0 Å². The van der Waals surface area contributed by atoms with Crippen LogP contribution in [-0.4, -0.2) is 36.3 Å². The summed E-state index contributed by atoms with van der Waals surface area (Å²) in [4.78, 5) is 0. The second-order valence-electron chi connectivity index (χ2n) is 5.85. The Morgan fingerprint density at radius 2 is 1.85 bits per heavy atom. The highest BCUT2D eigenvalue weighted by molar-refractivity contribution is 5.14. The second-order valence-corrected chi connectivity index (χ2v) is 5.85. The number of hydrogen-bond acceptors (Lipinski definition) is 4. The van der Waals surface area contributed by atoms with Gasteiger partial charge in [0.15, 0.2) is 5.79 Å². The molecule has 5 heteroatoms.